The second kappa shape index (κ2) is 4.70. The van der Waals surface area contributed by atoms with Gasteiger partial charge in [-0.05, 0) is 19.8 Å². The van der Waals surface area contributed by atoms with Gasteiger partial charge in [-0.3, -0.25) is 0 Å². The highest BCUT2D eigenvalue weighted by molar-refractivity contribution is 4.76. The van der Waals surface area contributed by atoms with Gasteiger partial charge in [0.15, 0.2) is 0 Å². The predicted octanol–water partition coefficient (Wildman–Crippen LogP) is 0.102. The highest BCUT2D eigenvalue weighted by Crippen LogP contribution is 2.14. The molecule has 3 nitrogen and oxygen atoms in total. The van der Waals surface area contributed by atoms with Crippen LogP contribution in [0, 0.1) is 0 Å². The minimum absolute atomic E-state index is 0.418. The van der Waals surface area contributed by atoms with Crippen molar-refractivity contribution in [3.8, 4) is 0 Å². The first-order valence-corrected chi connectivity index (χ1v) is 4.39. The van der Waals surface area contributed by atoms with Crippen LogP contribution >= 0.6 is 0 Å². The molecule has 11 heavy (non-hydrogen) atoms. The second-order valence-corrected chi connectivity index (χ2v) is 3.08. The first-order chi connectivity index (χ1) is 5.34. The summed E-state index contributed by atoms with van der Waals surface area (Å²) >= 11 is 0. The van der Waals surface area contributed by atoms with Crippen molar-refractivity contribution >= 4 is 0 Å². The number of hydrogen-bond donors (Lipinski definition) is 2. The lowest BCUT2D eigenvalue weighted by atomic mass is 10.1. The molecule has 3 N–H and O–H groups in total. The minimum Gasteiger partial charge on any atom is -0.377 e. The van der Waals surface area contributed by atoms with Crippen LogP contribution in [0.3, 0.4) is 0 Å². The maximum Gasteiger partial charge on any atom is 0.0726 e. The summed E-state index contributed by atoms with van der Waals surface area (Å²) in [6.07, 6.45) is 2.82. The molecule has 0 aliphatic carbocycles. The fourth-order valence-electron chi connectivity index (χ4n) is 1.44. The second-order valence-electron chi connectivity index (χ2n) is 3.08. The Kier molecular flexibility index (Phi) is 3.83. The Morgan fingerprint density at radius 3 is 3.09 bits per heavy atom. The number of rotatable bonds is 4. The van der Waals surface area contributed by atoms with Crippen molar-refractivity contribution in [2.24, 2.45) is 5.73 Å². The summed E-state index contributed by atoms with van der Waals surface area (Å²) in [6.45, 7) is 4.68. The van der Waals surface area contributed by atoms with E-state index in [2.05, 4.69) is 12.2 Å². The summed E-state index contributed by atoms with van der Waals surface area (Å²) in [6, 6.07) is 0.459. The van der Waals surface area contributed by atoms with Crippen LogP contribution in [0.15, 0.2) is 0 Å². The number of nitrogens with two attached hydrogens (primary N) is 1. The Morgan fingerprint density at radius 2 is 2.55 bits per heavy atom. The zero-order valence-electron chi connectivity index (χ0n) is 7.18. The minimum atomic E-state index is 0.418. The van der Waals surface area contributed by atoms with E-state index < -0.39 is 0 Å². The highest BCUT2D eigenvalue weighted by atomic mass is 16.5. The summed E-state index contributed by atoms with van der Waals surface area (Å²) in [5, 5.41) is 3.32. The maximum absolute atomic E-state index is 5.51. The molecule has 1 aliphatic rings. The third-order valence-corrected chi connectivity index (χ3v) is 2.13. The Bertz CT molecular complexity index is 102. The van der Waals surface area contributed by atoms with Gasteiger partial charge in [0.1, 0.15) is 0 Å². The molecule has 3 heteroatoms. The van der Waals surface area contributed by atoms with Crippen LogP contribution in [-0.4, -0.2) is 31.8 Å². The fourth-order valence-corrected chi connectivity index (χ4v) is 1.44. The zero-order valence-corrected chi connectivity index (χ0v) is 7.18. The molecule has 0 bridgehead atoms. The molecule has 2 unspecified atom stereocenters. The summed E-state index contributed by atoms with van der Waals surface area (Å²) < 4.78 is 5.51. The molecular formula is C8H18N2O. The zero-order chi connectivity index (χ0) is 8.10. The SMILES string of the molecule is CC(NCCN)C1CCCO1. The normalized spacial score (nSPS) is 27.3. The van der Waals surface area contributed by atoms with E-state index in [1.54, 1.807) is 0 Å². The van der Waals surface area contributed by atoms with Gasteiger partial charge in [-0.2, -0.15) is 0 Å². The molecule has 1 aliphatic heterocycles. The molecular weight excluding hydrogens is 140 g/mol. The summed E-state index contributed by atoms with van der Waals surface area (Å²) in [5.41, 5.74) is 5.37. The Balaban J connectivity index is 2.12. The lowest BCUT2D eigenvalue weighted by Gasteiger charge is -2.19. The van der Waals surface area contributed by atoms with Gasteiger partial charge >= 0.3 is 0 Å². The van der Waals surface area contributed by atoms with E-state index >= 15 is 0 Å². The first kappa shape index (κ1) is 8.97. The third kappa shape index (κ3) is 2.77. The van der Waals surface area contributed by atoms with Crippen molar-refractivity contribution < 1.29 is 4.74 Å². The molecule has 1 rings (SSSR count). The van der Waals surface area contributed by atoms with Crippen LogP contribution in [0.25, 0.3) is 0 Å². The Morgan fingerprint density at radius 1 is 1.73 bits per heavy atom. The quantitative estimate of drug-likeness (QED) is 0.610. The monoisotopic (exact) mass is 158 g/mol. The highest BCUT2D eigenvalue weighted by Gasteiger charge is 2.21. The maximum atomic E-state index is 5.51. The smallest absolute Gasteiger partial charge is 0.0726 e. The van der Waals surface area contributed by atoms with Gasteiger partial charge in [0.2, 0.25) is 0 Å². The van der Waals surface area contributed by atoms with E-state index in [0.29, 0.717) is 18.7 Å². The van der Waals surface area contributed by atoms with Crippen molar-refractivity contribution in [2.45, 2.75) is 31.9 Å². The molecule has 1 fully saturated rings. The molecule has 1 saturated heterocycles. The third-order valence-electron chi connectivity index (χ3n) is 2.13. The fraction of sp³-hybridized carbons (Fsp3) is 1.00. The van der Waals surface area contributed by atoms with Gasteiger partial charge < -0.3 is 15.8 Å². The number of hydrogen-bond acceptors (Lipinski definition) is 3. The lowest BCUT2D eigenvalue weighted by molar-refractivity contribution is 0.0841. The van der Waals surface area contributed by atoms with Crippen LogP contribution in [-0.2, 0) is 4.74 Å². The first-order valence-electron chi connectivity index (χ1n) is 4.39. The van der Waals surface area contributed by atoms with Gasteiger partial charge in [0.05, 0.1) is 6.10 Å². The summed E-state index contributed by atoms with van der Waals surface area (Å²) in [4.78, 5) is 0. The van der Waals surface area contributed by atoms with Gasteiger partial charge in [0.25, 0.3) is 0 Å². The van der Waals surface area contributed by atoms with Crippen LogP contribution < -0.4 is 11.1 Å². The van der Waals surface area contributed by atoms with Crippen molar-refractivity contribution in [2.75, 3.05) is 19.7 Å². The standard InChI is InChI=1S/C8H18N2O/c1-7(10-5-4-9)8-3-2-6-11-8/h7-8,10H,2-6,9H2,1H3. The predicted molar refractivity (Wildman–Crippen MR) is 45.5 cm³/mol. The van der Waals surface area contributed by atoms with E-state index in [-0.39, 0.29) is 0 Å². The molecule has 66 valence electrons. The van der Waals surface area contributed by atoms with Crippen LogP contribution in [0.1, 0.15) is 19.8 Å². The van der Waals surface area contributed by atoms with Crippen molar-refractivity contribution in [1.29, 1.82) is 0 Å². The molecule has 1 heterocycles. The summed E-state index contributed by atoms with van der Waals surface area (Å²) in [7, 11) is 0. The summed E-state index contributed by atoms with van der Waals surface area (Å²) in [5.74, 6) is 0. The van der Waals surface area contributed by atoms with Crippen LogP contribution in [0.2, 0.25) is 0 Å². The molecule has 0 spiro atoms. The Hall–Kier alpha value is -0.120. The van der Waals surface area contributed by atoms with Gasteiger partial charge in [-0.1, -0.05) is 0 Å². The number of ether oxygens (including phenoxy) is 1. The molecule has 0 aromatic rings. The molecule has 2 atom stereocenters. The number of nitrogens with one attached hydrogen (secondary N) is 1. The topological polar surface area (TPSA) is 47.3 Å². The van der Waals surface area contributed by atoms with Gasteiger partial charge in [0, 0.05) is 25.7 Å². The molecule has 0 saturated carbocycles. The van der Waals surface area contributed by atoms with E-state index in [0.717, 1.165) is 13.2 Å². The lowest BCUT2D eigenvalue weighted by Crippen LogP contribution is -2.39. The average Bonchev–Trinajstić information content (AvgIpc) is 2.52. The van der Waals surface area contributed by atoms with Gasteiger partial charge in [-0.25, -0.2) is 0 Å². The Labute approximate surface area is 68.3 Å². The molecule has 0 amide bonds. The van der Waals surface area contributed by atoms with E-state index in [9.17, 15) is 0 Å². The van der Waals surface area contributed by atoms with Crippen molar-refractivity contribution in [3.63, 3.8) is 0 Å². The average molecular weight is 158 g/mol. The van der Waals surface area contributed by atoms with Crippen LogP contribution in [0.4, 0.5) is 0 Å². The molecule has 0 aromatic carbocycles. The van der Waals surface area contributed by atoms with Crippen molar-refractivity contribution in [1.82, 2.24) is 5.32 Å². The molecule has 0 aromatic heterocycles. The largest absolute Gasteiger partial charge is 0.377 e. The van der Waals surface area contributed by atoms with E-state index in [1.807, 2.05) is 0 Å². The van der Waals surface area contributed by atoms with Crippen LogP contribution in [0.5, 0.6) is 0 Å². The molecule has 0 radical (unpaired) electrons. The van der Waals surface area contributed by atoms with Crippen molar-refractivity contribution in [3.05, 3.63) is 0 Å². The van der Waals surface area contributed by atoms with Gasteiger partial charge in [-0.15, -0.1) is 0 Å². The van der Waals surface area contributed by atoms with E-state index in [4.69, 9.17) is 10.5 Å². The van der Waals surface area contributed by atoms with E-state index in [1.165, 1.54) is 12.8 Å².